The van der Waals surface area contributed by atoms with Gasteiger partial charge in [-0.3, -0.25) is 0 Å². The highest BCUT2D eigenvalue weighted by atomic mass is 79.9. The van der Waals surface area contributed by atoms with E-state index in [2.05, 4.69) is 32.9 Å². The van der Waals surface area contributed by atoms with Gasteiger partial charge in [0.2, 0.25) is 0 Å². The van der Waals surface area contributed by atoms with Crippen LogP contribution in [-0.4, -0.2) is 14.8 Å². The fourth-order valence-corrected chi connectivity index (χ4v) is 1.87. The van der Waals surface area contributed by atoms with Crippen LogP contribution in [0.5, 0.6) is 0 Å². The molecule has 0 bridgehead atoms. The van der Waals surface area contributed by atoms with Crippen molar-refractivity contribution in [2.75, 3.05) is 0 Å². The normalized spacial score (nSPS) is 10.7. The van der Waals surface area contributed by atoms with E-state index in [0.717, 1.165) is 28.0 Å². The van der Waals surface area contributed by atoms with E-state index in [1.165, 1.54) is 0 Å². The summed E-state index contributed by atoms with van der Waals surface area (Å²) in [5, 5.41) is 4.20. The third-order valence-corrected chi connectivity index (χ3v) is 2.95. The third kappa shape index (κ3) is 2.44. The summed E-state index contributed by atoms with van der Waals surface area (Å²) in [5.74, 6) is 1.30. The molecule has 2 aromatic heterocycles. The number of rotatable bonds is 3. The molecule has 2 rings (SSSR count). The van der Waals surface area contributed by atoms with E-state index < -0.39 is 0 Å². The molecule has 3 nitrogen and oxygen atoms in total. The fourth-order valence-electron chi connectivity index (χ4n) is 1.43. The van der Waals surface area contributed by atoms with Gasteiger partial charge >= 0.3 is 0 Å². The fraction of sp³-hybridized carbons (Fsp3) is 0.273. The number of pyridine rings is 1. The maximum absolute atomic E-state index is 5.85. The first kappa shape index (κ1) is 11.6. The van der Waals surface area contributed by atoms with E-state index >= 15 is 0 Å². The minimum absolute atomic E-state index is 0.491. The summed E-state index contributed by atoms with van der Waals surface area (Å²) in [6, 6.07) is 3.97. The second-order valence-corrected chi connectivity index (χ2v) is 4.60. The highest BCUT2D eigenvalue weighted by Crippen LogP contribution is 2.15. The van der Waals surface area contributed by atoms with Gasteiger partial charge in [0.25, 0.3) is 0 Å². The minimum Gasteiger partial charge on any atom is -0.234 e. The van der Waals surface area contributed by atoms with Crippen LogP contribution in [-0.2, 0) is 12.3 Å². The van der Waals surface area contributed by atoms with Crippen LogP contribution in [0.4, 0.5) is 0 Å². The number of nitrogens with zero attached hydrogens (tertiary/aromatic N) is 3. The number of alkyl halides is 1. The molecule has 0 amide bonds. The van der Waals surface area contributed by atoms with Gasteiger partial charge in [-0.1, -0.05) is 6.92 Å². The first-order valence-corrected chi connectivity index (χ1v) is 6.32. The van der Waals surface area contributed by atoms with E-state index in [9.17, 15) is 0 Å². The maximum Gasteiger partial charge on any atom is 0.153 e. The molecule has 0 radical (unpaired) electrons. The number of aryl methyl sites for hydroxylation is 1. The topological polar surface area (TPSA) is 30.7 Å². The van der Waals surface area contributed by atoms with E-state index in [1.807, 2.05) is 18.3 Å². The summed E-state index contributed by atoms with van der Waals surface area (Å²) in [7, 11) is 0. The molecule has 0 fully saturated rings. The molecule has 0 saturated heterocycles. The predicted molar refractivity (Wildman–Crippen MR) is 68.0 cm³/mol. The lowest BCUT2D eigenvalue weighted by molar-refractivity contribution is 0.829. The van der Waals surface area contributed by atoms with Gasteiger partial charge in [0.1, 0.15) is 0 Å². The zero-order chi connectivity index (χ0) is 11.5. The predicted octanol–water partition coefficient (Wildman–Crippen LogP) is 3.33. The average Bonchev–Trinajstić information content (AvgIpc) is 2.75. The number of aromatic nitrogens is 3. The van der Waals surface area contributed by atoms with Crippen LogP contribution in [0.1, 0.15) is 18.2 Å². The molecule has 0 aliphatic rings. The van der Waals surface area contributed by atoms with E-state index in [-0.39, 0.29) is 0 Å². The van der Waals surface area contributed by atoms with Crippen LogP contribution in [0.15, 0.2) is 29.0 Å². The molecule has 5 heteroatoms. The molecule has 0 aromatic carbocycles. The zero-order valence-electron chi connectivity index (χ0n) is 8.82. The lowest BCUT2D eigenvalue weighted by Gasteiger charge is -2.05. The quantitative estimate of drug-likeness (QED) is 0.814. The van der Waals surface area contributed by atoms with Crippen molar-refractivity contribution in [1.82, 2.24) is 14.8 Å². The number of hydrogen-bond donors (Lipinski definition) is 0. The molecular formula is C11H11BrClN3. The Labute approximate surface area is 108 Å². The van der Waals surface area contributed by atoms with Crippen molar-refractivity contribution in [2.45, 2.75) is 19.2 Å². The summed E-state index contributed by atoms with van der Waals surface area (Å²) in [4.78, 5) is 4.50. The molecule has 0 aliphatic heterocycles. The van der Waals surface area contributed by atoms with Crippen LogP contribution in [0.3, 0.4) is 0 Å². The molecule has 0 unspecified atom stereocenters. The monoisotopic (exact) mass is 299 g/mol. The molecule has 0 spiro atoms. The second-order valence-electron chi connectivity index (χ2n) is 3.42. The Morgan fingerprint density at radius 2 is 2.25 bits per heavy atom. The highest BCUT2D eigenvalue weighted by molar-refractivity contribution is 9.10. The maximum atomic E-state index is 5.85. The Hall–Kier alpha value is -0.870. The molecule has 2 aromatic rings. The minimum atomic E-state index is 0.491. The summed E-state index contributed by atoms with van der Waals surface area (Å²) in [6.07, 6.45) is 4.50. The summed E-state index contributed by atoms with van der Waals surface area (Å²) in [5.41, 5.74) is 2.09. The Balaban J connectivity index is 2.47. The number of halogens is 2. The SMILES string of the molecule is CCc1cc(CCl)cc(-n2cc(Br)cn2)n1. The molecule has 2 heterocycles. The van der Waals surface area contributed by atoms with Gasteiger partial charge < -0.3 is 0 Å². The van der Waals surface area contributed by atoms with Crippen LogP contribution in [0, 0.1) is 0 Å². The second kappa shape index (κ2) is 4.97. The van der Waals surface area contributed by atoms with Gasteiger partial charge in [-0.25, -0.2) is 9.67 Å². The van der Waals surface area contributed by atoms with Gasteiger partial charge in [-0.2, -0.15) is 5.10 Å². The van der Waals surface area contributed by atoms with Crippen molar-refractivity contribution in [3.05, 3.63) is 40.3 Å². The van der Waals surface area contributed by atoms with Crippen molar-refractivity contribution >= 4 is 27.5 Å². The van der Waals surface area contributed by atoms with Crippen molar-refractivity contribution in [3.63, 3.8) is 0 Å². The van der Waals surface area contributed by atoms with Gasteiger partial charge in [0, 0.05) is 17.8 Å². The average molecular weight is 301 g/mol. The molecule has 0 saturated carbocycles. The lowest BCUT2D eigenvalue weighted by Crippen LogP contribution is -2.01. The van der Waals surface area contributed by atoms with E-state index in [1.54, 1.807) is 10.9 Å². The van der Waals surface area contributed by atoms with Crippen molar-refractivity contribution in [1.29, 1.82) is 0 Å². The van der Waals surface area contributed by atoms with Crippen LogP contribution in [0.25, 0.3) is 5.82 Å². The Kier molecular flexibility index (Phi) is 3.61. The molecule has 16 heavy (non-hydrogen) atoms. The zero-order valence-corrected chi connectivity index (χ0v) is 11.2. The van der Waals surface area contributed by atoms with Gasteiger partial charge in [-0.15, -0.1) is 11.6 Å². The van der Waals surface area contributed by atoms with Crippen molar-refractivity contribution in [3.8, 4) is 5.82 Å². The lowest BCUT2D eigenvalue weighted by atomic mass is 10.2. The molecule has 0 aliphatic carbocycles. The van der Waals surface area contributed by atoms with Crippen molar-refractivity contribution < 1.29 is 0 Å². The first-order chi connectivity index (χ1) is 7.72. The van der Waals surface area contributed by atoms with E-state index in [4.69, 9.17) is 11.6 Å². The smallest absolute Gasteiger partial charge is 0.153 e. The van der Waals surface area contributed by atoms with Crippen LogP contribution < -0.4 is 0 Å². The van der Waals surface area contributed by atoms with Crippen LogP contribution >= 0.6 is 27.5 Å². The Morgan fingerprint density at radius 1 is 1.44 bits per heavy atom. The van der Waals surface area contributed by atoms with Gasteiger partial charge in [-0.05, 0) is 40.0 Å². The molecule has 0 atom stereocenters. The van der Waals surface area contributed by atoms with Crippen molar-refractivity contribution in [2.24, 2.45) is 0 Å². The third-order valence-electron chi connectivity index (χ3n) is 2.23. The van der Waals surface area contributed by atoms with Gasteiger partial charge in [0.05, 0.1) is 10.7 Å². The van der Waals surface area contributed by atoms with Crippen LogP contribution in [0.2, 0.25) is 0 Å². The highest BCUT2D eigenvalue weighted by Gasteiger charge is 2.04. The van der Waals surface area contributed by atoms with Gasteiger partial charge in [0.15, 0.2) is 5.82 Å². The summed E-state index contributed by atoms with van der Waals surface area (Å²) in [6.45, 7) is 2.07. The molecular weight excluding hydrogens is 289 g/mol. The first-order valence-electron chi connectivity index (χ1n) is 4.99. The summed E-state index contributed by atoms with van der Waals surface area (Å²) >= 11 is 9.22. The molecule has 0 N–H and O–H groups in total. The van der Waals surface area contributed by atoms with E-state index in [0.29, 0.717) is 5.88 Å². The summed E-state index contributed by atoms with van der Waals surface area (Å²) < 4.78 is 2.67. The number of hydrogen-bond acceptors (Lipinski definition) is 2. The standard InChI is InChI=1S/C11H11BrClN3/c1-2-10-3-8(5-13)4-11(15-10)16-7-9(12)6-14-16/h3-4,6-7H,2,5H2,1H3. The molecule has 84 valence electrons. The Morgan fingerprint density at radius 3 is 2.81 bits per heavy atom. The Bertz CT molecular complexity index is 473. The largest absolute Gasteiger partial charge is 0.234 e.